The van der Waals surface area contributed by atoms with E-state index in [4.69, 9.17) is 14.2 Å². The summed E-state index contributed by atoms with van der Waals surface area (Å²) in [6.07, 6.45) is 3.75. The molecular weight excluding hydrogens is 268 g/mol. The number of fused-ring (bicyclic) bond motifs is 3. The van der Waals surface area contributed by atoms with Crippen molar-refractivity contribution < 1.29 is 19.0 Å². The van der Waals surface area contributed by atoms with Gasteiger partial charge in [0.25, 0.3) is 0 Å². The van der Waals surface area contributed by atoms with Crippen molar-refractivity contribution in [3.8, 4) is 0 Å². The van der Waals surface area contributed by atoms with Crippen molar-refractivity contribution in [2.24, 2.45) is 23.2 Å². The van der Waals surface area contributed by atoms with Crippen molar-refractivity contribution in [3.63, 3.8) is 0 Å². The van der Waals surface area contributed by atoms with Crippen molar-refractivity contribution in [2.45, 2.75) is 64.4 Å². The molecular formula is C17H26O4. The maximum atomic E-state index is 12.6. The van der Waals surface area contributed by atoms with Crippen LogP contribution in [0.15, 0.2) is 0 Å². The van der Waals surface area contributed by atoms with Gasteiger partial charge in [0.15, 0.2) is 5.78 Å². The summed E-state index contributed by atoms with van der Waals surface area (Å²) in [6.45, 7) is 8.26. The Morgan fingerprint density at radius 1 is 1.38 bits per heavy atom. The molecule has 0 aromatic carbocycles. The molecule has 0 aromatic heterocycles. The van der Waals surface area contributed by atoms with Gasteiger partial charge in [-0.25, -0.2) is 0 Å². The topological polar surface area (TPSA) is 51.4 Å². The molecule has 4 rings (SSSR count). The predicted molar refractivity (Wildman–Crippen MR) is 76.9 cm³/mol. The van der Waals surface area contributed by atoms with Gasteiger partial charge in [0.05, 0.1) is 25.4 Å². The van der Waals surface area contributed by atoms with E-state index in [-0.39, 0.29) is 29.6 Å². The van der Waals surface area contributed by atoms with Gasteiger partial charge in [-0.1, -0.05) is 27.2 Å². The lowest BCUT2D eigenvalue weighted by Crippen LogP contribution is -2.51. The fourth-order valence-corrected chi connectivity index (χ4v) is 4.96. The van der Waals surface area contributed by atoms with Crippen LogP contribution in [0.4, 0.5) is 0 Å². The lowest BCUT2D eigenvalue weighted by molar-refractivity contribution is -0.148. The van der Waals surface area contributed by atoms with E-state index in [0.717, 1.165) is 25.9 Å². The molecule has 2 heterocycles. The molecule has 8 unspecified atom stereocenters. The molecule has 0 spiro atoms. The quantitative estimate of drug-likeness (QED) is 0.729. The summed E-state index contributed by atoms with van der Waals surface area (Å²) in [6, 6.07) is 0. The number of hydrogen-bond acceptors (Lipinski definition) is 4. The molecule has 0 radical (unpaired) electrons. The number of epoxide rings is 2. The van der Waals surface area contributed by atoms with Gasteiger partial charge < -0.3 is 14.2 Å². The number of rotatable bonds is 5. The molecule has 2 aliphatic heterocycles. The first kappa shape index (κ1) is 14.2. The van der Waals surface area contributed by atoms with Gasteiger partial charge in [-0.3, -0.25) is 4.79 Å². The molecule has 2 saturated heterocycles. The molecule has 4 aliphatic rings. The van der Waals surface area contributed by atoms with Crippen LogP contribution in [0.2, 0.25) is 0 Å². The highest BCUT2D eigenvalue weighted by molar-refractivity contribution is 5.92. The van der Waals surface area contributed by atoms with E-state index in [0.29, 0.717) is 30.3 Å². The summed E-state index contributed by atoms with van der Waals surface area (Å²) in [5.41, 5.74) is 0.0687. The van der Waals surface area contributed by atoms with E-state index < -0.39 is 0 Å². The van der Waals surface area contributed by atoms with Crippen molar-refractivity contribution in [1.29, 1.82) is 0 Å². The van der Waals surface area contributed by atoms with Crippen LogP contribution in [0.5, 0.6) is 0 Å². The van der Waals surface area contributed by atoms with Crippen LogP contribution in [-0.2, 0) is 19.0 Å². The Bertz CT molecular complexity index is 446. The largest absolute Gasteiger partial charge is 0.375 e. The Morgan fingerprint density at radius 3 is 2.76 bits per heavy atom. The minimum atomic E-state index is -0.0922. The Labute approximate surface area is 126 Å². The average molecular weight is 294 g/mol. The molecule has 4 nitrogen and oxygen atoms in total. The highest BCUT2D eigenvalue weighted by atomic mass is 16.6. The summed E-state index contributed by atoms with van der Waals surface area (Å²) < 4.78 is 17.2. The third kappa shape index (κ3) is 2.10. The fourth-order valence-electron chi connectivity index (χ4n) is 4.96. The van der Waals surface area contributed by atoms with Gasteiger partial charge >= 0.3 is 0 Å². The second-order valence-electron chi connectivity index (χ2n) is 7.59. The van der Waals surface area contributed by atoms with E-state index in [1.54, 1.807) is 0 Å². The first-order valence-corrected chi connectivity index (χ1v) is 8.51. The number of carbonyl (C=O) groups excluding carboxylic acids is 1. The maximum Gasteiger partial charge on any atom is 0.168 e. The zero-order valence-electron chi connectivity index (χ0n) is 13.2. The smallest absolute Gasteiger partial charge is 0.168 e. The highest BCUT2D eigenvalue weighted by Crippen LogP contribution is 2.61. The summed E-state index contributed by atoms with van der Waals surface area (Å²) in [5, 5.41) is 0. The highest BCUT2D eigenvalue weighted by Gasteiger charge is 2.69. The lowest BCUT2D eigenvalue weighted by atomic mass is 9.57. The van der Waals surface area contributed by atoms with E-state index in [2.05, 4.69) is 20.8 Å². The number of ether oxygens (including phenoxy) is 3. The summed E-state index contributed by atoms with van der Waals surface area (Å²) in [7, 11) is 0. The fraction of sp³-hybridized carbons (Fsp3) is 0.941. The zero-order valence-corrected chi connectivity index (χ0v) is 13.2. The molecule has 4 fully saturated rings. The molecule has 8 atom stereocenters. The molecule has 2 aliphatic carbocycles. The predicted octanol–water partition coefficient (Wildman–Crippen LogP) is 2.20. The Hall–Kier alpha value is -0.450. The standard InChI is InChI=1S/C17H26O4/c1-4-10-11(20-8-9-7-19-9)6-17(3,5-2)13-12(10)15-16(21-15)14(13)18/h9-13,15-16H,4-8H2,1-3H3. The SMILES string of the molecule is CCC1C(OCC2CO2)CC(C)(CC)C2C(=O)C3OC3C12. The van der Waals surface area contributed by atoms with Crippen molar-refractivity contribution in [3.05, 3.63) is 0 Å². The zero-order chi connectivity index (χ0) is 14.8. The van der Waals surface area contributed by atoms with Crippen LogP contribution in [0.1, 0.15) is 40.0 Å². The monoisotopic (exact) mass is 294 g/mol. The van der Waals surface area contributed by atoms with E-state index >= 15 is 0 Å². The third-order valence-corrected chi connectivity index (χ3v) is 6.44. The summed E-state index contributed by atoms with van der Waals surface area (Å²) in [4.78, 5) is 12.6. The molecule has 2 saturated carbocycles. The minimum absolute atomic E-state index is 0.0687. The van der Waals surface area contributed by atoms with Gasteiger partial charge in [0.1, 0.15) is 12.2 Å². The van der Waals surface area contributed by atoms with Gasteiger partial charge in [0, 0.05) is 11.8 Å². The molecule has 0 aromatic rings. The van der Waals surface area contributed by atoms with Gasteiger partial charge in [0.2, 0.25) is 0 Å². The number of hydrogen-bond donors (Lipinski definition) is 0. The lowest BCUT2D eigenvalue weighted by Gasteiger charge is -2.50. The summed E-state index contributed by atoms with van der Waals surface area (Å²) >= 11 is 0. The number of ketones is 1. The van der Waals surface area contributed by atoms with Crippen LogP contribution in [0, 0.1) is 23.2 Å². The van der Waals surface area contributed by atoms with E-state index in [1.165, 1.54) is 0 Å². The average Bonchev–Trinajstić information content (AvgIpc) is 3.36. The van der Waals surface area contributed by atoms with E-state index in [9.17, 15) is 4.79 Å². The molecule has 0 N–H and O–H groups in total. The Kier molecular flexibility index (Phi) is 3.22. The Balaban J connectivity index is 1.59. The molecule has 0 bridgehead atoms. The van der Waals surface area contributed by atoms with Gasteiger partial charge in [-0.05, 0) is 24.2 Å². The van der Waals surface area contributed by atoms with Crippen molar-refractivity contribution in [1.82, 2.24) is 0 Å². The summed E-state index contributed by atoms with van der Waals surface area (Å²) in [5.74, 6) is 1.39. The van der Waals surface area contributed by atoms with Crippen LogP contribution >= 0.6 is 0 Å². The van der Waals surface area contributed by atoms with Crippen LogP contribution < -0.4 is 0 Å². The van der Waals surface area contributed by atoms with Crippen molar-refractivity contribution in [2.75, 3.05) is 13.2 Å². The number of carbonyl (C=O) groups is 1. The molecule has 0 amide bonds. The first-order valence-electron chi connectivity index (χ1n) is 8.51. The van der Waals surface area contributed by atoms with Crippen molar-refractivity contribution >= 4 is 5.78 Å². The van der Waals surface area contributed by atoms with Crippen LogP contribution in [-0.4, -0.2) is 43.4 Å². The first-order chi connectivity index (χ1) is 10.1. The van der Waals surface area contributed by atoms with Gasteiger partial charge in [-0.2, -0.15) is 0 Å². The maximum absolute atomic E-state index is 12.6. The van der Waals surface area contributed by atoms with Gasteiger partial charge in [-0.15, -0.1) is 0 Å². The molecule has 21 heavy (non-hydrogen) atoms. The second-order valence-corrected chi connectivity index (χ2v) is 7.59. The second kappa shape index (κ2) is 4.77. The third-order valence-electron chi connectivity index (χ3n) is 6.44. The molecule has 118 valence electrons. The molecule has 4 heteroatoms. The van der Waals surface area contributed by atoms with Crippen LogP contribution in [0.3, 0.4) is 0 Å². The van der Waals surface area contributed by atoms with E-state index in [1.807, 2.05) is 0 Å². The minimum Gasteiger partial charge on any atom is -0.375 e. The number of Topliss-reactive ketones (excluding diaryl/α,β-unsaturated/α-hetero) is 1. The Morgan fingerprint density at radius 2 is 2.14 bits per heavy atom. The normalized spacial score (nSPS) is 54.2. The van der Waals surface area contributed by atoms with Crippen LogP contribution in [0.25, 0.3) is 0 Å².